The molecule has 8 heavy (non-hydrogen) atoms. The number of alkyl halides is 1. The van der Waals surface area contributed by atoms with Gasteiger partial charge in [0.1, 0.15) is 0 Å². The quantitative estimate of drug-likeness (QED) is 0.497. The summed E-state index contributed by atoms with van der Waals surface area (Å²) in [6, 6.07) is 0. The van der Waals surface area contributed by atoms with E-state index in [1.807, 2.05) is 6.92 Å². The van der Waals surface area contributed by atoms with Gasteiger partial charge in [-0.1, -0.05) is 6.92 Å². The van der Waals surface area contributed by atoms with Crippen LogP contribution in [0, 0.1) is 0 Å². The Hall–Kier alpha value is 0.250. The van der Waals surface area contributed by atoms with E-state index in [1.54, 1.807) is 0 Å². The van der Waals surface area contributed by atoms with Crippen LogP contribution in [0.4, 0.5) is 0 Å². The first-order valence-electron chi connectivity index (χ1n) is 2.97. The molecule has 48 valence electrons. The molecule has 1 rings (SSSR count). The molecule has 1 saturated heterocycles. The molecule has 0 aromatic rings. The molecular formula is C6H11ClO. The second kappa shape index (κ2) is 1.89. The van der Waals surface area contributed by atoms with Gasteiger partial charge in [-0.15, -0.1) is 11.6 Å². The molecule has 1 nitrogen and oxygen atoms in total. The predicted octanol–water partition coefficient (Wildman–Crippen LogP) is 1.79. The summed E-state index contributed by atoms with van der Waals surface area (Å²) in [7, 11) is 0. The van der Waals surface area contributed by atoms with Crippen molar-refractivity contribution in [2.24, 2.45) is 0 Å². The molecule has 1 fully saturated rings. The van der Waals surface area contributed by atoms with Gasteiger partial charge in [-0.05, 0) is 13.3 Å². The molecular weight excluding hydrogens is 124 g/mol. The molecule has 0 aliphatic carbocycles. The fraction of sp³-hybridized carbons (Fsp3) is 1.00. The summed E-state index contributed by atoms with van der Waals surface area (Å²) in [4.78, 5) is 0. The summed E-state index contributed by atoms with van der Waals surface area (Å²) >= 11 is 5.83. The van der Waals surface area contributed by atoms with Gasteiger partial charge in [0.25, 0.3) is 0 Å². The van der Waals surface area contributed by atoms with Gasteiger partial charge in [0.2, 0.25) is 0 Å². The Kier molecular flexibility index (Phi) is 1.50. The van der Waals surface area contributed by atoms with Gasteiger partial charge in [-0.2, -0.15) is 0 Å². The van der Waals surface area contributed by atoms with Crippen molar-refractivity contribution in [1.29, 1.82) is 0 Å². The van der Waals surface area contributed by atoms with Crippen molar-refractivity contribution in [3.8, 4) is 0 Å². The van der Waals surface area contributed by atoms with Gasteiger partial charge in [-0.25, -0.2) is 0 Å². The van der Waals surface area contributed by atoms with Crippen LogP contribution >= 0.6 is 11.6 Å². The molecule has 1 aliphatic rings. The summed E-state index contributed by atoms with van der Waals surface area (Å²) in [6.45, 7) is 4.87. The smallest absolute Gasteiger partial charge is 0.0856 e. The Morgan fingerprint density at radius 3 is 2.50 bits per heavy atom. The summed E-state index contributed by atoms with van der Waals surface area (Å²) in [5.41, 5.74) is -0.0123. The fourth-order valence-electron chi connectivity index (χ4n) is 0.754. The minimum atomic E-state index is -0.0123. The minimum absolute atomic E-state index is 0.0123. The lowest BCUT2D eigenvalue weighted by atomic mass is 9.94. The van der Waals surface area contributed by atoms with Gasteiger partial charge in [-0.3, -0.25) is 0 Å². The predicted molar refractivity (Wildman–Crippen MR) is 34.3 cm³/mol. The van der Waals surface area contributed by atoms with E-state index >= 15 is 0 Å². The molecule has 1 heterocycles. The van der Waals surface area contributed by atoms with Crippen LogP contribution < -0.4 is 0 Å². The normalized spacial score (nSPS) is 46.1. The average molecular weight is 135 g/mol. The van der Waals surface area contributed by atoms with Crippen LogP contribution in [0.2, 0.25) is 0 Å². The van der Waals surface area contributed by atoms with Gasteiger partial charge in [0.15, 0.2) is 0 Å². The second-order valence-electron chi connectivity index (χ2n) is 2.44. The van der Waals surface area contributed by atoms with Crippen LogP contribution in [0.1, 0.15) is 20.3 Å². The van der Waals surface area contributed by atoms with Crippen LogP contribution in [0.25, 0.3) is 0 Å². The lowest BCUT2D eigenvalue weighted by Gasteiger charge is -2.42. The number of hydrogen-bond donors (Lipinski definition) is 0. The Bertz CT molecular complexity index is 90.5. The first-order chi connectivity index (χ1) is 3.69. The van der Waals surface area contributed by atoms with Gasteiger partial charge in [0, 0.05) is 0 Å². The highest BCUT2D eigenvalue weighted by molar-refractivity contribution is 6.22. The van der Waals surface area contributed by atoms with E-state index in [9.17, 15) is 0 Å². The number of ether oxygens (including phenoxy) is 1. The molecule has 0 aromatic carbocycles. The zero-order valence-corrected chi connectivity index (χ0v) is 6.03. The Morgan fingerprint density at radius 1 is 1.88 bits per heavy atom. The SMILES string of the molecule is CCC1(C)OCC1Cl. The molecule has 2 unspecified atom stereocenters. The van der Waals surface area contributed by atoms with E-state index in [0.29, 0.717) is 0 Å². The van der Waals surface area contributed by atoms with Crippen molar-refractivity contribution < 1.29 is 4.74 Å². The van der Waals surface area contributed by atoms with E-state index in [2.05, 4.69) is 6.92 Å². The second-order valence-corrected chi connectivity index (χ2v) is 2.97. The molecule has 0 amide bonds. The van der Waals surface area contributed by atoms with E-state index in [4.69, 9.17) is 16.3 Å². The highest BCUT2D eigenvalue weighted by Crippen LogP contribution is 2.33. The standard InChI is InChI=1S/C6H11ClO/c1-3-6(2)5(7)4-8-6/h5H,3-4H2,1-2H3. The monoisotopic (exact) mass is 134 g/mol. The van der Waals surface area contributed by atoms with Crippen LogP contribution in [0.5, 0.6) is 0 Å². The van der Waals surface area contributed by atoms with Gasteiger partial charge >= 0.3 is 0 Å². The maximum absolute atomic E-state index is 5.83. The molecule has 0 N–H and O–H groups in total. The zero-order valence-electron chi connectivity index (χ0n) is 5.28. The maximum Gasteiger partial charge on any atom is 0.0856 e. The van der Waals surface area contributed by atoms with Crippen LogP contribution in [-0.2, 0) is 4.74 Å². The molecule has 1 aliphatic heterocycles. The number of halogens is 1. The summed E-state index contributed by atoms with van der Waals surface area (Å²) in [5.74, 6) is 0. The minimum Gasteiger partial charge on any atom is -0.372 e. The Labute approximate surface area is 55.0 Å². The van der Waals surface area contributed by atoms with Crippen LogP contribution in [0.3, 0.4) is 0 Å². The van der Waals surface area contributed by atoms with Gasteiger partial charge < -0.3 is 4.74 Å². The van der Waals surface area contributed by atoms with Crippen molar-refractivity contribution in [2.45, 2.75) is 31.2 Å². The van der Waals surface area contributed by atoms with Crippen molar-refractivity contribution >= 4 is 11.6 Å². The third-order valence-corrected chi connectivity index (χ3v) is 2.51. The summed E-state index contributed by atoms with van der Waals surface area (Å²) in [5, 5.41) is 0.243. The van der Waals surface area contributed by atoms with Crippen LogP contribution in [0.15, 0.2) is 0 Å². The first-order valence-corrected chi connectivity index (χ1v) is 3.41. The van der Waals surface area contributed by atoms with E-state index in [-0.39, 0.29) is 11.0 Å². The Balaban J connectivity index is 2.42. The maximum atomic E-state index is 5.83. The molecule has 2 atom stereocenters. The fourth-order valence-corrected chi connectivity index (χ4v) is 1.03. The van der Waals surface area contributed by atoms with Crippen molar-refractivity contribution in [2.75, 3.05) is 6.61 Å². The average Bonchev–Trinajstić information content (AvgIpc) is 1.83. The number of rotatable bonds is 1. The largest absolute Gasteiger partial charge is 0.372 e. The molecule has 0 spiro atoms. The lowest BCUT2D eigenvalue weighted by Crippen LogP contribution is -2.51. The van der Waals surface area contributed by atoms with E-state index in [1.165, 1.54) is 0 Å². The van der Waals surface area contributed by atoms with Gasteiger partial charge in [0.05, 0.1) is 17.6 Å². The summed E-state index contributed by atoms with van der Waals surface area (Å²) < 4.78 is 5.25. The lowest BCUT2D eigenvalue weighted by molar-refractivity contribution is -0.129. The topological polar surface area (TPSA) is 9.23 Å². The Morgan fingerprint density at radius 2 is 2.50 bits per heavy atom. The number of hydrogen-bond acceptors (Lipinski definition) is 1. The van der Waals surface area contributed by atoms with Crippen molar-refractivity contribution in [3.05, 3.63) is 0 Å². The third-order valence-electron chi connectivity index (χ3n) is 1.92. The molecule has 2 heteroatoms. The van der Waals surface area contributed by atoms with Crippen molar-refractivity contribution in [1.82, 2.24) is 0 Å². The highest BCUT2D eigenvalue weighted by Gasteiger charge is 2.41. The molecule has 0 radical (unpaired) electrons. The van der Waals surface area contributed by atoms with Crippen molar-refractivity contribution in [3.63, 3.8) is 0 Å². The van der Waals surface area contributed by atoms with E-state index < -0.39 is 0 Å². The molecule has 0 aromatic heterocycles. The summed E-state index contributed by atoms with van der Waals surface area (Å²) in [6.07, 6.45) is 1.02. The highest BCUT2D eigenvalue weighted by atomic mass is 35.5. The molecule has 0 bridgehead atoms. The first kappa shape index (κ1) is 6.37. The van der Waals surface area contributed by atoms with Crippen LogP contribution in [-0.4, -0.2) is 17.6 Å². The molecule has 0 saturated carbocycles. The third kappa shape index (κ3) is 0.741. The zero-order chi connectivity index (χ0) is 6.20. The van der Waals surface area contributed by atoms with E-state index in [0.717, 1.165) is 13.0 Å².